The number of unbranched alkanes of at least 4 members (excludes halogenated alkanes) is 9. The van der Waals surface area contributed by atoms with Crippen molar-refractivity contribution in [3.8, 4) is 0 Å². The van der Waals surface area contributed by atoms with Gasteiger partial charge in [-0.1, -0.05) is 64.7 Å². The van der Waals surface area contributed by atoms with Crippen LogP contribution in [-0.2, 0) is 61.7 Å². The number of rotatable bonds is 45. The molecule has 0 aromatic carbocycles. The van der Waals surface area contributed by atoms with E-state index in [1.807, 2.05) is 0 Å². The van der Waals surface area contributed by atoms with Crippen LogP contribution in [0.1, 0.15) is 71.1 Å². The Bertz CT molecular complexity index is 707. The molecule has 0 aliphatic heterocycles. The van der Waals surface area contributed by atoms with Crippen molar-refractivity contribution >= 4 is 11.9 Å². The fourth-order valence-electron chi connectivity index (χ4n) is 4.32. The summed E-state index contributed by atoms with van der Waals surface area (Å²) in [6.45, 7) is 11.9. The zero-order valence-corrected chi connectivity index (χ0v) is 31.6. The molecule has 0 unspecified atom stereocenters. The third kappa shape index (κ3) is 46.5. The minimum atomic E-state index is -1.12. The van der Waals surface area contributed by atoms with Crippen molar-refractivity contribution < 1.29 is 66.8 Å². The van der Waals surface area contributed by atoms with Crippen LogP contribution in [0.15, 0.2) is 0 Å². The van der Waals surface area contributed by atoms with Gasteiger partial charge in [-0.3, -0.25) is 4.79 Å². The lowest BCUT2D eigenvalue weighted by Gasteiger charge is -2.09. The predicted molar refractivity (Wildman–Crippen MR) is 191 cm³/mol. The highest BCUT2D eigenvalue weighted by molar-refractivity contribution is 5.77. The van der Waals surface area contributed by atoms with Crippen molar-refractivity contribution in [3.63, 3.8) is 0 Å². The van der Waals surface area contributed by atoms with E-state index in [2.05, 4.69) is 17.0 Å². The summed E-state index contributed by atoms with van der Waals surface area (Å²) in [4.78, 5) is 21.7. The molecule has 0 aliphatic carbocycles. The van der Waals surface area contributed by atoms with E-state index in [9.17, 15) is 9.59 Å². The lowest BCUT2D eigenvalue weighted by atomic mass is 10.1. The molecular weight excluding hydrogens is 670 g/mol. The molecule has 304 valence electrons. The lowest BCUT2D eigenvalue weighted by Crippen LogP contribution is -2.31. The molecule has 0 heterocycles. The van der Waals surface area contributed by atoms with E-state index in [4.69, 9.17) is 52.5 Å². The van der Waals surface area contributed by atoms with Gasteiger partial charge in [-0.15, -0.1) is 0 Å². The van der Waals surface area contributed by atoms with Crippen molar-refractivity contribution in [2.45, 2.75) is 71.1 Å². The molecule has 15 nitrogen and oxygen atoms in total. The molecule has 0 aromatic heterocycles. The number of nitrogens with one attached hydrogen (secondary N) is 1. The Morgan fingerprint density at radius 2 is 0.667 bits per heavy atom. The van der Waals surface area contributed by atoms with E-state index in [-0.39, 0.29) is 6.61 Å². The topological polar surface area (TPSA) is 168 Å². The zero-order valence-electron chi connectivity index (χ0n) is 31.6. The number of carboxylic acids is 1. The molecule has 1 amide bonds. The first-order valence-corrected chi connectivity index (χ1v) is 19.0. The van der Waals surface area contributed by atoms with Gasteiger partial charge in [0.25, 0.3) is 0 Å². The molecule has 15 heteroatoms. The fourth-order valence-corrected chi connectivity index (χ4v) is 4.32. The van der Waals surface area contributed by atoms with Gasteiger partial charge in [0.15, 0.2) is 0 Å². The van der Waals surface area contributed by atoms with E-state index in [1.54, 1.807) is 0 Å². The van der Waals surface area contributed by atoms with Gasteiger partial charge in [0.05, 0.1) is 126 Å². The third-order valence-electron chi connectivity index (χ3n) is 7.02. The van der Waals surface area contributed by atoms with Crippen LogP contribution in [0.5, 0.6) is 0 Å². The van der Waals surface area contributed by atoms with Crippen LogP contribution in [0.3, 0.4) is 0 Å². The van der Waals surface area contributed by atoms with E-state index in [0.717, 1.165) is 13.0 Å². The number of carboxylic acid groups (broad SMARTS) is 1. The average Bonchev–Trinajstić information content (AvgIpc) is 3.12. The molecule has 0 aliphatic rings. The second-order valence-corrected chi connectivity index (χ2v) is 11.5. The number of carbonyl (C=O) groups excluding carboxylic acids is 1. The number of carbonyl (C=O) groups is 2. The first-order chi connectivity index (χ1) is 25.2. The van der Waals surface area contributed by atoms with E-state index in [0.29, 0.717) is 132 Å². The van der Waals surface area contributed by atoms with Crippen LogP contribution in [0.2, 0.25) is 0 Å². The van der Waals surface area contributed by atoms with Crippen LogP contribution in [-0.4, -0.2) is 169 Å². The average molecular weight is 742 g/mol. The summed E-state index contributed by atoms with van der Waals surface area (Å²) in [6.07, 6.45) is 13.3. The molecule has 0 saturated heterocycles. The molecule has 0 radical (unpaired) electrons. The molecule has 0 rings (SSSR count). The zero-order chi connectivity index (χ0) is 37.0. The van der Waals surface area contributed by atoms with Crippen LogP contribution < -0.4 is 5.32 Å². The first kappa shape index (κ1) is 49.5. The standard InChI is InChI=1S/C36H71NO14/c1-2-3-4-5-6-7-8-9-10-11-13-41-15-17-43-19-21-45-23-25-47-27-29-49-31-32-50-30-28-48-26-24-46-22-20-44-18-16-42-14-12-37-35(38)33-51-34-36(39)40/h2-34H2,1H3,(H,37,38)(H,39,40). The third-order valence-corrected chi connectivity index (χ3v) is 7.02. The quantitative estimate of drug-likeness (QED) is 0.0873. The molecular formula is C36H71NO14. The molecule has 0 fully saturated rings. The highest BCUT2D eigenvalue weighted by atomic mass is 16.6. The predicted octanol–water partition coefficient (Wildman–Crippen LogP) is 3.29. The number of aliphatic carboxylic acids is 1. The maximum Gasteiger partial charge on any atom is 0.329 e. The number of hydrogen-bond acceptors (Lipinski definition) is 13. The molecule has 0 aromatic rings. The normalized spacial score (nSPS) is 11.4. The Morgan fingerprint density at radius 1 is 0.373 bits per heavy atom. The summed E-state index contributed by atoms with van der Waals surface area (Å²) in [5, 5.41) is 11.0. The second-order valence-electron chi connectivity index (χ2n) is 11.5. The van der Waals surface area contributed by atoms with Crippen LogP contribution in [0.25, 0.3) is 0 Å². The Kier molecular flexibility index (Phi) is 43.3. The molecule has 2 N–H and O–H groups in total. The van der Waals surface area contributed by atoms with Gasteiger partial charge >= 0.3 is 5.97 Å². The summed E-state index contributed by atoms with van der Waals surface area (Å²) >= 11 is 0. The van der Waals surface area contributed by atoms with Gasteiger partial charge in [0.1, 0.15) is 13.2 Å². The van der Waals surface area contributed by atoms with Gasteiger partial charge in [0, 0.05) is 13.2 Å². The minimum Gasteiger partial charge on any atom is -0.480 e. The van der Waals surface area contributed by atoms with Crippen molar-refractivity contribution in [3.05, 3.63) is 0 Å². The Balaban J connectivity index is 3.08. The summed E-state index contributed by atoms with van der Waals surface area (Å²) in [5.41, 5.74) is 0. The van der Waals surface area contributed by atoms with Crippen molar-refractivity contribution in [1.29, 1.82) is 0 Å². The molecule has 0 atom stereocenters. The van der Waals surface area contributed by atoms with Gasteiger partial charge < -0.3 is 62.5 Å². The first-order valence-electron chi connectivity index (χ1n) is 19.0. The van der Waals surface area contributed by atoms with Gasteiger partial charge in [-0.05, 0) is 6.42 Å². The van der Waals surface area contributed by atoms with Crippen molar-refractivity contribution in [2.75, 3.05) is 152 Å². The highest BCUT2D eigenvalue weighted by Gasteiger charge is 2.03. The molecule has 51 heavy (non-hydrogen) atoms. The minimum absolute atomic E-state index is 0.299. The Labute approximate surface area is 306 Å². The van der Waals surface area contributed by atoms with Crippen LogP contribution >= 0.6 is 0 Å². The van der Waals surface area contributed by atoms with E-state index < -0.39 is 18.5 Å². The molecule has 0 saturated carbocycles. The monoisotopic (exact) mass is 741 g/mol. The fraction of sp³-hybridized carbons (Fsp3) is 0.944. The highest BCUT2D eigenvalue weighted by Crippen LogP contribution is 2.10. The summed E-state index contributed by atoms with van der Waals surface area (Å²) in [5.74, 6) is -1.52. The van der Waals surface area contributed by atoms with Gasteiger partial charge in [-0.25, -0.2) is 4.79 Å². The second kappa shape index (κ2) is 44.7. The van der Waals surface area contributed by atoms with Crippen molar-refractivity contribution in [1.82, 2.24) is 5.32 Å². The van der Waals surface area contributed by atoms with Crippen molar-refractivity contribution in [2.24, 2.45) is 0 Å². The van der Waals surface area contributed by atoms with E-state index in [1.165, 1.54) is 57.8 Å². The smallest absolute Gasteiger partial charge is 0.329 e. The summed E-state index contributed by atoms with van der Waals surface area (Å²) in [6, 6.07) is 0. The van der Waals surface area contributed by atoms with Crippen LogP contribution in [0.4, 0.5) is 0 Å². The SMILES string of the molecule is CCCCCCCCCCCCOCCOCCOCCOCCOCCOCCOCCOCCOCCOCCNC(=O)COCC(=O)O. The van der Waals surface area contributed by atoms with Gasteiger partial charge in [-0.2, -0.15) is 0 Å². The van der Waals surface area contributed by atoms with Gasteiger partial charge in [0.2, 0.25) is 5.91 Å². The summed E-state index contributed by atoms with van der Waals surface area (Å²) < 4.78 is 59.5. The number of amides is 1. The lowest BCUT2D eigenvalue weighted by molar-refractivity contribution is -0.143. The van der Waals surface area contributed by atoms with E-state index >= 15 is 0 Å². The Morgan fingerprint density at radius 3 is 1.00 bits per heavy atom. The number of ether oxygens (including phenoxy) is 11. The summed E-state index contributed by atoms with van der Waals surface area (Å²) in [7, 11) is 0. The largest absolute Gasteiger partial charge is 0.480 e. The van der Waals surface area contributed by atoms with Crippen LogP contribution in [0, 0.1) is 0 Å². The molecule has 0 bridgehead atoms. The maximum atomic E-state index is 11.4. The number of hydrogen-bond donors (Lipinski definition) is 2. The maximum absolute atomic E-state index is 11.4. The molecule has 0 spiro atoms. The Hall–Kier alpha value is -1.50.